The quantitative estimate of drug-likeness (QED) is 0.810. The lowest BCUT2D eigenvalue weighted by atomic mass is 10.1. The van der Waals surface area contributed by atoms with E-state index >= 15 is 0 Å². The maximum absolute atomic E-state index is 11.0. The van der Waals surface area contributed by atoms with Crippen molar-refractivity contribution in [1.82, 2.24) is 0 Å². The summed E-state index contributed by atoms with van der Waals surface area (Å²) in [6, 6.07) is 5.71. The summed E-state index contributed by atoms with van der Waals surface area (Å²) in [6.45, 7) is 2.00. The number of nitrogens with one attached hydrogen (secondary N) is 1. The zero-order valence-corrected chi connectivity index (χ0v) is 9.50. The highest BCUT2D eigenvalue weighted by Gasteiger charge is 2.04. The average molecular weight is 208 g/mol. The Morgan fingerprint density at radius 2 is 2.07 bits per heavy atom. The Labute approximate surface area is 89.8 Å². The van der Waals surface area contributed by atoms with Gasteiger partial charge in [0.25, 0.3) is 0 Å². The summed E-state index contributed by atoms with van der Waals surface area (Å²) in [7, 11) is 5.31. The van der Waals surface area contributed by atoms with Crippen LogP contribution in [0.1, 0.15) is 5.56 Å². The molecule has 0 aliphatic heterocycles. The Hall–Kier alpha value is -1.71. The summed E-state index contributed by atoms with van der Waals surface area (Å²) in [6.07, 6.45) is -0.452. The monoisotopic (exact) mass is 208 g/mol. The standard InChI is InChI=1S/C11H16N2O2/c1-8-7-9(12-11(14)15-4)5-6-10(8)13(2)3/h5-7H,1-4H3,(H,12,14). The van der Waals surface area contributed by atoms with E-state index < -0.39 is 6.09 Å². The predicted octanol–water partition coefficient (Wildman–Crippen LogP) is 2.24. The molecule has 0 aromatic heterocycles. The number of methoxy groups -OCH3 is 1. The van der Waals surface area contributed by atoms with Crippen molar-refractivity contribution in [3.8, 4) is 0 Å². The van der Waals surface area contributed by atoms with Gasteiger partial charge in [-0.2, -0.15) is 0 Å². The van der Waals surface area contributed by atoms with Crippen molar-refractivity contribution in [2.75, 3.05) is 31.4 Å². The van der Waals surface area contributed by atoms with Gasteiger partial charge >= 0.3 is 6.09 Å². The second-order valence-electron chi connectivity index (χ2n) is 3.51. The number of nitrogens with zero attached hydrogens (tertiary/aromatic N) is 1. The Morgan fingerprint density at radius 1 is 1.40 bits per heavy atom. The zero-order chi connectivity index (χ0) is 11.4. The molecular formula is C11H16N2O2. The molecule has 1 aromatic carbocycles. The molecule has 1 aromatic rings. The van der Waals surface area contributed by atoms with Crippen LogP contribution in [0.4, 0.5) is 16.2 Å². The van der Waals surface area contributed by atoms with Crippen LogP contribution in [-0.4, -0.2) is 27.3 Å². The minimum absolute atomic E-state index is 0.452. The third-order valence-electron chi connectivity index (χ3n) is 2.11. The highest BCUT2D eigenvalue weighted by Crippen LogP contribution is 2.21. The van der Waals surface area contributed by atoms with E-state index in [2.05, 4.69) is 10.1 Å². The highest BCUT2D eigenvalue weighted by molar-refractivity contribution is 5.85. The zero-order valence-electron chi connectivity index (χ0n) is 9.50. The van der Waals surface area contributed by atoms with Gasteiger partial charge in [0.05, 0.1) is 7.11 Å². The van der Waals surface area contributed by atoms with Crippen molar-refractivity contribution in [3.63, 3.8) is 0 Å². The van der Waals surface area contributed by atoms with Crippen LogP contribution in [0.15, 0.2) is 18.2 Å². The number of amides is 1. The van der Waals surface area contributed by atoms with Gasteiger partial charge in [-0.3, -0.25) is 5.32 Å². The molecule has 82 valence electrons. The number of carbonyl (C=O) groups is 1. The van der Waals surface area contributed by atoms with Crippen LogP contribution in [0.2, 0.25) is 0 Å². The van der Waals surface area contributed by atoms with Crippen molar-refractivity contribution < 1.29 is 9.53 Å². The van der Waals surface area contributed by atoms with Crippen LogP contribution < -0.4 is 10.2 Å². The fraction of sp³-hybridized carbons (Fsp3) is 0.364. The van der Waals surface area contributed by atoms with Gasteiger partial charge in [0, 0.05) is 25.5 Å². The fourth-order valence-corrected chi connectivity index (χ4v) is 1.40. The van der Waals surface area contributed by atoms with Gasteiger partial charge in [0.2, 0.25) is 0 Å². The van der Waals surface area contributed by atoms with Gasteiger partial charge < -0.3 is 9.64 Å². The third-order valence-corrected chi connectivity index (χ3v) is 2.11. The second-order valence-corrected chi connectivity index (χ2v) is 3.51. The molecule has 0 spiro atoms. The average Bonchev–Trinajstić information content (AvgIpc) is 2.17. The van der Waals surface area contributed by atoms with Gasteiger partial charge in [0.15, 0.2) is 0 Å². The molecule has 1 amide bonds. The summed E-state index contributed by atoms with van der Waals surface area (Å²) in [5.41, 5.74) is 2.98. The number of benzene rings is 1. The molecule has 0 saturated heterocycles. The van der Waals surface area contributed by atoms with E-state index in [0.29, 0.717) is 0 Å². The normalized spacial score (nSPS) is 9.60. The first-order chi connectivity index (χ1) is 7.04. The summed E-state index contributed by atoms with van der Waals surface area (Å²) < 4.78 is 4.51. The highest BCUT2D eigenvalue weighted by atomic mass is 16.5. The van der Waals surface area contributed by atoms with Crippen LogP contribution in [0, 0.1) is 6.92 Å². The molecule has 0 bridgehead atoms. The van der Waals surface area contributed by atoms with Crippen molar-refractivity contribution in [1.29, 1.82) is 0 Å². The lowest BCUT2D eigenvalue weighted by molar-refractivity contribution is 0.187. The number of hydrogen-bond acceptors (Lipinski definition) is 3. The minimum atomic E-state index is -0.452. The van der Waals surface area contributed by atoms with E-state index in [1.807, 2.05) is 44.1 Å². The van der Waals surface area contributed by atoms with E-state index in [1.54, 1.807) is 0 Å². The summed E-state index contributed by atoms with van der Waals surface area (Å²) in [5.74, 6) is 0. The van der Waals surface area contributed by atoms with Gasteiger partial charge in [-0.15, -0.1) is 0 Å². The van der Waals surface area contributed by atoms with Crippen molar-refractivity contribution >= 4 is 17.5 Å². The van der Waals surface area contributed by atoms with E-state index in [0.717, 1.165) is 16.9 Å². The third kappa shape index (κ3) is 2.87. The molecule has 1 N–H and O–H groups in total. The van der Waals surface area contributed by atoms with Crippen LogP contribution in [0.3, 0.4) is 0 Å². The molecule has 0 radical (unpaired) electrons. The molecular weight excluding hydrogens is 192 g/mol. The summed E-state index contributed by atoms with van der Waals surface area (Å²) >= 11 is 0. The van der Waals surface area contributed by atoms with Crippen LogP contribution in [0.5, 0.6) is 0 Å². The van der Waals surface area contributed by atoms with Crippen LogP contribution in [-0.2, 0) is 4.74 Å². The molecule has 0 heterocycles. The molecule has 1 rings (SSSR count). The lowest BCUT2D eigenvalue weighted by Gasteiger charge is -2.16. The molecule has 0 unspecified atom stereocenters. The molecule has 0 aliphatic rings. The second kappa shape index (κ2) is 4.68. The number of carbonyl (C=O) groups excluding carboxylic acids is 1. The first kappa shape index (κ1) is 11.4. The molecule has 4 nitrogen and oxygen atoms in total. The van der Waals surface area contributed by atoms with Crippen LogP contribution in [0.25, 0.3) is 0 Å². The number of rotatable bonds is 2. The van der Waals surface area contributed by atoms with E-state index in [1.165, 1.54) is 7.11 Å². The Morgan fingerprint density at radius 3 is 2.53 bits per heavy atom. The predicted molar refractivity (Wildman–Crippen MR) is 61.5 cm³/mol. The smallest absolute Gasteiger partial charge is 0.411 e. The maximum Gasteiger partial charge on any atom is 0.411 e. The van der Waals surface area contributed by atoms with E-state index in [9.17, 15) is 4.79 Å². The van der Waals surface area contributed by atoms with Crippen molar-refractivity contribution in [3.05, 3.63) is 23.8 Å². The minimum Gasteiger partial charge on any atom is -0.453 e. The van der Waals surface area contributed by atoms with Gasteiger partial charge in [-0.1, -0.05) is 0 Å². The number of anilines is 2. The molecule has 0 aliphatic carbocycles. The Kier molecular flexibility index (Phi) is 3.55. The number of aryl methyl sites for hydroxylation is 1. The number of ether oxygens (including phenoxy) is 1. The van der Waals surface area contributed by atoms with Crippen molar-refractivity contribution in [2.24, 2.45) is 0 Å². The Balaban J connectivity index is 2.87. The van der Waals surface area contributed by atoms with Gasteiger partial charge in [-0.25, -0.2) is 4.79 Å². The van der Waals surface area contributed by atoms with Gasteiger partial charge in [0.1, 0.15) is 0 Å². The van der Waals surface area contributed by atoms with E-state index in [4.69, 9.17) is 0 Å². The molecule has 0 atom stereocenters. The molecule has 0 fully saturated rings. The number of hydrogen-bond donors (Lipinski definition) is 1. The largest absolute Gasteiger partial charge is 0.453 e. The molecule has 15 heavy (non-hydrogen) atoms. The van der Waals surface area contributed by atoms with Crippen molar-refractivity contribution in [2.45, 2.75) is 6.92 Å². The molecule has 4 heteroatoms. The maximum atomic E-state index is 11.0. The first-order valence-electron chi connectivity index (χ1n) is 4.67. The SMILES string of the molecule is COC(=O)Nc1ccc(N(C)C)c(C)c1. The van der Waals surface area contributed by atoms with Gasteiger partial charge in [-0.05, 0) is 30.7 Å². The van der Waals surface area contributed by atoms with Crippen LogP contribution >= 0.6 is 0 Å². The lowest BCUT2D eigenvalue weighted by Crippen LogP contribution is -2.13. The Bertz CT molecular complexity index is 362. The summed E-state index contributed by atoms with van der Waals surface area (Å²) in [4.78, 5) is 13.0. The fourth-order valence-electron chi connectivity index (χ4n) is 1.40. The first-order valence-corrected chi connectivity index (χ1v) is 4.67. The summed E-state index contributed by atoms with van der Waals surface area (Å²) in [5, 5.41) is 2.62. The molecule has 0 saturated carbocycles. The van der Waals surface area contributed by atoms with E-state index in [-0.39, 0.29) is 0 Å². The topological polar surface area (TPSA) is 41.6 Å².